The van der Waals surface area contributed by atoms with Crippen LogP contribution in [0.2, 0.25) is 0 Å². The van der Waals surface area contributed by atoms with Gasteiger partial charge in [0.2, 0.25) is 5.43 Å². The number of hydrogen-bond donors (Lipinski definition) is 2. The molecule has 0 radical (unpaired) electrons. The lowest BCUT2D eigenvalue weighted by Crippen LogP contribution is -2.30. The first-order valence-corrected chi connectivity index (χ1v) is 8.92. The molecule has 7 heteroatoms. The summed E-state index contributed by atoms with van der Waals surface area (Å²) in [6, 6.07) is 3.53. The van der Waals surface area contributed by atoms with Gasteiger partial charge in [0.25, 0.3) is 5.91 Å². The van der Waals surface area contributed by atoms with Gasteiger partial charge in [-0.15, -0.1) is 0 Å². The Morgan fingerprint density at radius 1 is 1.35 bits per heavy atom. The van der Waals surface area contributed by atoms with Gasteiger partial charge in [-0.2, -0.15) is 5.10 Å². The van der Waals surface area contributed by atoms with Crippen LogP contribution in [0.25, 0.3) is 11.0 Å². The number of aromatic nitrogens is 4. The zero-order valence-electron chi connectivity index (χ0n) is 14.9. The molecular weight excluding hydrogens is 330 g/mol. The summed E-state index contributed by atoms with van der Waals surface area (Å²) in [5.74, 6) is -0.380. The van der Waals surface area contributed by atoms with Crippen molar-refractivity contribution in [2.24, 2.45) is 0 Å². The van der Waals surface area contributed by atoms with Gasteiger partial charge in [0.1, 0.15) is 11.2 Å². The molecule has 1 aliphatic rings. The van der Waals surface area contributed by atoms with Crippen LogP contribution in [0.1, 0.15) is 46.3 Å². The van der Waals surface area contributed by atoms with E-state index in [1.165, 1.54) is 5.56 Å². The lowest BCUT2D eigenvalue weighted by Gasteiger charge is -2.11. The predicted molar refractivity (Wildman–Crippen MR) is 98.2 cm³/mol. The molecule has 3 aromatic rings. The second-order valence-electron chi connectivity index (χ2n) is 6.65. The predicted octanol–water partition coefficient (Wildman–Crippen LogP) is 1.87. The molecule has 1 amide bonds. The molecule has 7 nitrogen and oxygen atoms in total. The van der Waals surface area contributed by atoms with Gasteiger partial charge >= 0.3 is 0 Å². The van der Waals surface area contributed by atoms with E-state index in [1.807, 2.05) is 18.4 Å². The normalized spacial score (nSPS) is 13.2. The van der Waals surface area contributed by atoms with Crippen LogP contribution in [-0.4, -0.2) is 25.7 Å². The van der Waals surface area contributed by atoms with Gasteiger partial charge in [-0.1, -0.05) is 0 Å². The van der Waals surface area contributed by atoms with Gasteiger partial charge in [0, 0.05) is 24.1 Å². The highest BCUT2D eigenvalue weighted by atomic mass is 16.2. The van der Waals surface area contributed by atoms with Crippen molar-refractivity contribution in [3.05, 3.63) is 56.8 Å². The number of hydrogen-bond acceptors (Lipinski definition) is 4. The van der Waals surface area contributed by atoms with E-state index in [0.717, 1.165) is 36.3 Å². The number of H-pyrrole nitrogens is 1. The molecular formula is C19H21N5O2. The molecule has 4 rings (SSSR count). The van der Waals surface area contributed by atoms with Crippen molar-refractivity contribution in [3.8, 4) is 0 Å². The van der Waals surface area contributed by atoms with Crippen LogP contribution in [0.5, 0.6) is 0 Å². The Morgan fingerprint density at radius 2 is 2.19 bits per heavy atom. The van der Waals surface area contributed by atoms with E-state index in [0.29, 0.717) is 24.1 Å². The summed E-state index contributed by atoms with van der Waals surface area (Å²) in [7, 11) is 0. The molecule has 0 bridgehead atoms. The van der Waals surface area contributed by atoms with Crippen LogP contribution < -0.4 is 10.7 Å². The minimum Gasteiger partial charge on any atom is -0.346 e. The largest absolute Gasteiger partial charge is 0.346 e. The van der Waals surface area contributed by atoms with Gasteiger partial charge in [-0.25, -0.2) is 4.98 Å². The van der Waals surface area contributed by atoms with Crippen LogP contribution in [-0.2, 0) is 25.9 Å². The Morgan fingerprint density at radius 3 is 3.00 bits per heavy atom. The molecule has 0 spiro atoms. The van der Waals surface area contributed by atoms with E-state index in [4.69, 9.17) is 0 Å². The summed E-state index contributed by atoms with van der Waals surface area (Å²) < 4.78 is 1.84. The average molecular weight is 351 g/mol. The molecule has 3 heterocycles. The number of carbonyl (C=O) groups excluding carboxylic acids is 1. The molecule has 3 aromatic heterocycles. The van der Waals surface area contributed by atoms with Crippen molar-refractivity contribution in [2.75, 3.05) is 0 Å². The van der Waals surface area contributed by atoms with Crippen LogP contribution in [0, 0.1) is 6.92 Å². The van der Waals surface area contributed by atoms with Gasteiger partial charge in [0.05, 0.1) is 17.6 Å². The maximum atomic E-state index is 12.8. The highest BCUT2D eigenvalue weighted by molar-refractivity contribution is 5.96. The highest BCUT2D eigenvalue weighted by Gasteiger charge is 2.20. The SMILES string of the molecule is CCn1cc(C(=O)NCc2n[nH]c3c2CCC3)c(=O)c2ccc(C)nc21. The van der Waals surface area contributed by atoms with Crippen LogP contribution in [0.4, 0.5) is 0 Å². The van der Waals surface area contributed by atoms with Crippen molar-refractivity contribution in [1.82, 2.24) is 25.1 Å². The molecule has 0 saturated carbocycles. The maximum Gasteiger partial charge on any atom is 0.257 e. The lowest BCUT2D eigenvalue weighted by atomic mass is 10.1. The summed E-state index contributed by atoms with van der Waals surface area (Å²) >= 11 is 0. The molecule has 0 fully saturated rings. The highest BCUT2D eigenvalue weighted by Crippen LogP contribution is 2.22. The first-order valence-electron chi connectivity index (χ1n) is 8.92. The number of nitrogens with one attached hydrogen (secondary N) is 2. The van der Waals surface area contributed by atoms with E-state index >= 15 is 0 Å². The van der Waals surface area contributed by atoms with Crippen LogP contribution in [0.3, 0.4) is 0 Å². The number of aromatic amines is 1. The Hall–Kier alpha value is -2.96. The molecule has 0 saturated heterocycles. The fraction of sp³-hybridized carbons (Fsp3) is 0.368. The summed E-state index contributed by atoms with van der Waals surface area (Å²) in [6.45, 7) is 4.79. The number of carbonyl (C=O) groups is 1. The third-order valence-electron chi connectivity index (χ3n) is 4.95. The zero-order valence-corrected chi connectivity index (χ0v) is 14.9. The summed E-state index contributed by atoms with van der Waals surface area (Å²) in [5.41, 5.74) is 4.52. The Kier molecular flexibility index (Phi) is 4.06. The molecule has 2 N–H and O–H groups in total. The maximum absolute atomic E-state index is 12.8. The quantitative estimate of drug-likeness (QED) is 0.750. The molecule has 26 heavy (non-hydrogen) atoms. The molecule has 0 atom stereocenters. The Bertz CT molecular complexity index is 1060. The first-order chi connectivity index (χ1) is 12.6. The zero-order chi connectivity index (χ0) is 18.3. The summed E-state index contributed by atoms with van der Waals surface area (Å²) in [5, 5.41) is 10.6. The minimum absolute atomic E-state index is 0.136. The van der Waals surface area contributed by atoms with E-state index in [9.17, 15) is 9.59 Å². The van der Waals surface area contributed by atoms with Crippen molar-refractivity contribution >= 4 is 16.9 Å². The molecule has 0 aliphatic heterocycles. The third kappa shape index (κ3) is 2.69. The van der Waals surface area contributed by atoms with E-state index < -0.39 is 0 Å². The topological polar surface area (TPSA) is 92.7 Å². The monoisotopic (exact) mass is 351 g/mol. The lowest BCUT2D eigenvalue weighted by molar-refractivity contribution is 0.0948. The number of fused-ring (bicyclic) bond motifs is 2. The number of amides is 1. The fourth-order valence-electron chi connectivity index (χ4n) is 3.56. The molecule has 1 aliphatic carbocycles. The third-order valence-corrected chi connectivity index (χ3v) is 4.95. The van der Waals surface area contributed by atoms with Gasteiger partial charge < -0.3 is 9.88 Å². The van der Waals surface area contributed by atoms with Crippen molar-refractivity contribution in [1.29, 1.82) is 0 Å². The van der Waals surface area contributed by atoms with E-state index in [1.54, 1.807) is 18.3 Å². The standard InChI is InChI=1S/C19H21N5O2/c1-3-24-10-14(17(25)13-8-7-11(2)21-18(13)24)19(26)20-9-16-12-5-4-6-15(12)22-23-16/h7-8,10H,3-6,9H2,1-2H3,(H,20,26)(H,22,23). The molecule has 134 valence electrons. The van der Waals surface area contributed by atoms with Crippen LogP contribution in [0.15, 0.2) is 23.1 Å². The van der Waals surface area contributed by atoms with Crippen molar-refractivity contribution < 1.29 is 4.79 Å². The molecule has 0 unspecified atom stereocenters. The van der Waals surface area contributed by atoms with Crippen molar-refractivity contribution in [2.45, 2.75) is 46.2 Å². The van der Waals surface area contributed by atoms with Crippen molar-refractivity contribution in [3.63, 3.8) is 0 Å². The minimum atomic E-state index is -0.380. The van der Waals surface area contributed by atoms with Gasteiger partial charge in [-0.05, 0) is 50.8 Å². The Labute approximate surface area is 150 Å². The van der Waals surface area contributed by atoms with Gasteiger partial charge in [0.15, 0.2) is 0 Å². The Balaban J connectivity index is 1.65. The summed E-state index contributed by atoms with van der Waals surface area (Å²) in [4.78, 5) is 29.9. The second-order valence-corrected chi connectivity index (χ2v) is 6.65. The fourth-order valence-corrected chi connectivity index (χ4v) is 3.56. The number of rotatable bonds is 4. The number of aryl methyl sites for hydroxylation is 3. The number of nitrogens with zero attached hydrogens (tertiary/aromatic N) is 3. The van der Waals surface area contributed by atoms with E-state index in [2.05, 4.69) is 20.5 Å². The summed E-state index contributed by atoms with van der Waals surface area (Å²) in [6.07, 6.45) is 4.71. The van der Waals surface area contributed by atoms with E-state index in [-0.39, 0.29) is 16.9 Å². The van der Waals surface area contributed by atoms with Crippen LogP contribution >= 0.6 is 0 Å². The second kappa shape index (κ2) is 6.40. The molecule has 0 aromatic carbocycles. The number of pyridine rings is 2. The smallest absolute Gasteiger partial charge is 0.257 e. The average Bonchev–Trinajstić information content (AvgIpc) is 3.24. The first kappa shape index (κ1) is 16.5. The van der Waals surface area contributed by atoms with Gasteiger partial charge in [-0.3, -0.25) is 14.7 Å².